The van der Waals surface area contributed by atoms with E-state index < -0.39 is 41.0 Å². The Balaban J connectivity index is 1.34. The number of aromatic nitrogens is 2. The first-order valence-electron chi connectivity index (χ1n) is 15.3. The van der Waals surface area contributed by atoms with Gasteiger partial charge in [0, 0.05) is 19.3 Å². The van der Waals surface area contributed by atoms with Crippen molar-refractivity contribution in [1.29, 1.82) is 0 Å². The molecule has 0 spiro atoms. The molecule has 2 atom stereocenters. The van der Waals surface area contributed by atoms with E-state index in [4.69, 9.17) is 27.4 Å². The maximum atomic E-state index is 14.6. The molecule has 1 aromatic heterocycles. The number of quaternary nitrogens is 1. The summed E-state index contributed by atoms with van der Waals surface area (Å²) >= 11 is 6.41. The second kappa shape index (κ2) is 15.9. The van der Waals surface area contributed by atoms with Gasteiger partial charge in [-0.05, 0) is 65.2 Å². The number of hydrogen-bond acceptors (Lipinski definition) is 9. The smallest absolute Gasteiger partial charge is 0.408 e. The Kier molecular flexibility index (Phi) is 11.4. The van der Waals surface area contributed by atoms with Gasteiger partial charge in [-0.2, -0.15) is 0 Å². The molecule has 4 aromatic rings. The monoisotopic (exact) mass is 660 g/mol. The summed E-state index contributed by atoms with van der Waals surface area (Å²) in [6.07, 6.45) is 3.40. The molecule has 1 fully saturated rings. The van der Waals surface area contributed by atoms with Crippen LogP contribution in [0.25, 0.3) is 0 Å². The molecule has 240 valence electrons. The van der Waals surface area contributed by atoms with Crippen LogP contribution in [-0.4, -0.2) is 46.7 Å². The summed E-state index contributed by atoms with van der Waals surface area (Å²) in [7, 11) is 0. The van der Waals surface area contributed by atoms with E-state index in [1.807, 2.05) is 84.9 Å². The van der Waals surface area contributed by atoms with Crippen molar-refractivity contribution in [3.05, 3.63) is 106 Å². The molecule has 10 nitrogen and oxygen atoms in total. The lowest BCUT2D eigenvalue weighted by Crippen LogP contribution is -2.70. The Morgan fingerprint density at radius 2 is 1.54 bits per heavy atom. The topological polar surface area (TPSA) is 136 Å². The lowest BCUT2D eigenvalue weighted by atomic mass is 9.91. The van der Waals surface area contributed by atoms with Crippen LogP contribution in [0.1, 0.15) is 48.8 Å². The highest BCUT2D eigenvalue weighted by molar-refractivity contribution is 7.73. The molecule has 3 aromatic carbocycles. The predicted molar refractivity (Wildman–Crippen MR) is 180 cm³/mol. The van der Waals surface area contributed by atoms with Crippen molar-refractivity contribution in [3.63, 3.8) is 0 Å². The maximum Gasteiger partial charge on any atom is 0.408 e. The zero-order valence-corrected chi connectivity index (χ0v) is 27.1. The van der Waals surface area contributed by atoms with Gasteiger partial charge in [0.1, 0.15) is 37.6 Å². The Bertz CT molecular complexity index is 1660. The Morgan fingerprint density at radius 3 is 2.15 bits per heavy atom. The van der Waals surface area contributed by atoms with Crippen LogP contribution in [0.15, 0.2) is 84.9 Å². The number of nitrogens with zero attached hydrogens (tertiary/aromatic N) is 2. The molecule has 1 saturated carbocycles. The number of nitrogens with two attached hydrogens (primary N) is 1. The van der Waals surface area contributed by atoms with Gasteiger partial charge in [-0.1, -0.05) is 79.2 Å². The number of imide groups is 1. The molecule has 4 N–H and O–H groups in total. The number of rotatable bonds is 12. The molecule has 0 aliphatic heterocycles. The van der Waals surface area contributed by atoms with E-state index in [2.05, 4.69) is 15.5 Å². The SMILES string of the molecule is N[C@@H](Cc1ccc(OCc2ccccc2)cc1)C(=O)[N+](C(=O)CNC(=O)OCc1ccccc1)(c1n[nH]c(=S)s1)C1CCCCC1. The van der Waals surface area contributed by atoms with E-state index >= 15 is 0 Å². The van der Waals surface area contributed by atoms with Crippen LogP contribution in [0.4, 0.5) is 9.93 Å². The maximum absolute atomic E-state index is 14.6. The summed E-state index contributed by atoms with van der Waals surface area (Å²) in [5.41, 5.74) is 9.33. The standard InChI is InChI=1S/C34H37N5O5S2/c35-29(20-24-16-18-28(19-17-24)43-22-25-10-4-1-5-11-25)31(41)39(27-14-8-3-9-15-27,32-37-38-34(45)46-32)30(40)21-36-33(42)44-23-26-12-6-2-7-13-26/h1-2,4-7,10-13,16-19,27,29H,3,8-9,14-15,20-23,35H2,(H-,36,38,42,45)/p+1/t29-,39?/m0/s1. The van der Waals surface area contributed by atoms with Gasteiger partial charge in [-0.25, -0.2) is 14.4 Å². The molecular weight excluding hydrogens is 623 g/mol. The first kappa shape index (κ1) is 33.1. The van der Waals surface area contributed by atoms with Crippen LogP contribution in [0.5, 0.6) is 5.75 Å². The highest BCUT2D eigenvalue weighted by Gasteiger charge is 2.56. The van der Waals surface area contributed by atoms with Crippen LogP contribution in [0.2, 0.25) is 0 Å². The number of benzene rings is 3. The van der Waals surface area contributed by atoms with Crippen molar-refractivity contribution in [1.82, 2.24) is 20.0 Å². The third kappa shape index (κ3) is 8.13. The number of ether oxygens (including phenoxy) is 2. The number of hydrogen-bond donors (Lipinski definition) is 3. The Morgan fingerprint density at radius 1 is 0.913 bits per heavy atom. The van der Waals surface area contributed by atoms with Crippen LogP contribution in [0.3, 0.4) is 0 Å². The molecule has 5 rings (SSSR count). The van der Waals surface area contributed by atoms with Crippen molar-refractivity contribution in [2.24, 2.45) is 5.73 Å². The van der Waals surface area contributed by atoms with Gasteiger partial charge in [0.2, 0.25) is 0 Å². The third-order valence-corrected chi connectivity index (χ3v) is 9.31. The van der Waals surface area contributed by atoms with E-state index in [9.17, 15) is 14.4 Å². The van der Waals surface area contributed by atoms with Gasteiger partial charge < -0.3 is 20.5 Å². The van der Waals surface area contributed by atoms with Crippen molar-refractivity contribution in [2.75, 3.05) is 6.54 Å². The average Bonchev–Trinajstić information content (AvgIpc) is 3.53. The second-order valence-corrected chi connectivity index (χ2v) is 12.9. The highest BCUT2D eigenvalue weighted by Crippen LogP contribution is 2.37. The average molecular weight is 661 g/mol. The van der Waals surface area contributed by atoms with Crippen molar-refractivity contribution < 1.29 is 23.9 Å². The lowest BCUT2D eigenvalue weighted by molar-refractivity contribution is -0.147. The lowest BCUT2D eigenvalue weighted by Gasteiger charge is -2.40. The summed E-state index contributed by atoms with van der Waals surface area (Å²) in [6, 6.07) is 25.1. The molecule has 0 bridgehead atoms. The summed E-state index contributed by atoms with van der Waals surface area (Å²) in [6.45, 7) is 0.0394. The second-order valence-electron chi connectivity index (χ2n) is 11.3. The number of alkyl carbamates (subject to hydrolysis) is 1. The van der Waals surface area contributed by atoms with Crippen LogP contribution < -0.4 is 20.3 Å². The molecule has 1 aliphatic rings. The fourth-order valence-corrected chi connectivity index (χ4v) is 6.92. The molecule has 1 aliphatic carbocycles. The first-order chi connectivity index (χ1) is 22.4. The number of nitrogens with one attached hydrogen (secondary N) is 2. The number of amides is 3. The van der Waals surface area contributed by atoms with Crippen LogP contribution in [0, 0.1) is 3.95 Å². The van der Waals surface area contributed by atoms with E-state index in [0.29, 0.717) is 29.2 Å². The number of aromatic amines is 1. The van der Waals surface area contributed by atoms with E-state index in [1.54, 1.807) is 0 Å². The molecule has 12 heteroatoms. The molecule has 1 unspecified atom stereocenters. The number of carbonyl (C=O) groups is 3. The minimum absolute atomic E-state index is 0.0458. The fourth-order valence-electron chi connectivity index (χ4n) is 5.82. The number of carbonyl (C=O) groups excluding carboxylic acids is 3. The zero-order valence-electron chi connectivity index (χ0n) is 25.4. The molecule has 3 amide bonds. The van der Waals surface area contributed by atoms with E-state index in [1.165, 1.54) is 0 Å². The van der Waals surface area contributed by atoms with Gasteiger partial charge in [0.25, 0.3) is 0 Å². The zero-order chi connectivity index (χ0) is 32.4. The van der Waals surface area contributed by atoms with Crippen molar-refractivity contribution >= 4 is 46.6 Å². The normalized spacial score (nSPS) is 15.3. The fraction of sp³-hybridized carbons (Fsp3) is 0.324. The molecule has 0 radical (unpaired) electrons. The van der Waals surface area contributed by atoms with E-state index in [0.717, 1.165) is 47.3 Å². The number of H-pyrrole nitrogens is 1. The largest absolute Gasteiger partial charge is 0.489 e. The molecule has 1 heterocycles. The van der Waals surface area contributed by atoms with E-state index in [-0.39, 0.29) is 18.2 Å². The molecular formula is C34H38N5O5S2+. The summed E-state index contributed by atoms with van der Waals surface area (Å²) in [5, 5.41) is 9.88. The van der Waals surface area contributed by atoms with Crippen LogP contribution in [-0.2, 0) is 34.0 Å². The quantitative estimate of drug-likeness (QED) is 0.125. The van der Waals surface area contributed by atoms with Crippen molar-refractivity contribution in [3.8, 4) is 5.75 Å². The Hall–Kier alpha value is -4.23. The van der Waals surface area contributed by atoms with Gasteiger partial charge in [-0.15, -0.1) is 9.58 Å². The molecule has 46 heavy (non-hydrogen) atoms. The Labute approximate surface area is 277 Å². The van der Waals surface area contributed by atoms with Gasteiger partial charge in [0.05, 0.1) is 0 Å². The summed E-state index contributed by atoms with van der Waals surface area (Å²) < 4.78 is 10.8. The van der Waals surface area contributed by atoms with Crippen molar-refractivity contribution in [2.45, 2.75) is 63.8 Å². The van der Waals surface area contributed by atoms with Gasteiger partial charge in [0.15, 0.2) is 3.95 Å². The first-order valence-corrected chi connectivity index (χ1v) is 16.6. The molecule has 0 saturated heterocycles. The van der Waals surface area contributed by atoms with Gasteiger partial charge in [-0.3, -0.25) is 5.10 Å². The highest BCUT2D eigenvalue weighted by atomic mass is 32.1. The summed E-state index contributed by atoms with van der Waals surface area (Å²) in [5.74, 6) is -0.332. The minimum Gasteiger partial charge on any atom is -0.489 e. The van der Waals surface area contributed by atoms with Crippen LogP contribution >= 0.6 is 23.6 Å². The summed E-state index contributed by atoms with van der Waals surface area (Å²) in [4.78, 5) is 41.5. The van der Waals surface area contributed by atoms with Gasteiger partial charge >= 0.3 is 23.0 Å². The third-order valence-electron chi connectivity index (χ3n) is 8.13. The predicted octanol–water partition coefficient (Wildman–Crippen LogP) is 5.97. The minimum atomic E-state index is -1.04.